The van der Waals surface area contributed by atoms with Crippen molar-refractivity contribution >= 4 is 11.4 Å². The lowest BCUT2D eigenvalue weighted by molar-refractivity contribution is 0.573. The molecule has 2 aromatic rings. The molecule has 0 spiro atoms. The van der Waals surface area contributed by atoms with Crippen molar-refractivity contribution in [3.63, 3.8) is 0 Å². The number of aryl methyl sites for hydroxylation is 3. The predicted octanol–water partition coefficient (Wildman–Crippen LogP) is 9.22. The lowest BCUT2D eigenvalue weighted by Crippen LogP contribution is -2.06. The van der Waals surface area contributed by atoms with Gasteiger partial charge in [0.05, 0.1) is 5.69 Å². The quantitative estimate of drug-likeness (QED) is 0.349. The molecule has 1 nitrogen and oxygen atoms in total. The van der Waals surface area contributed by atoms with Crippen LogP contribution in [0.2, 0.25) is 0 Å². The van der Waals surface area contributed by atoms with E-state index in [9.17, 15) is 0 Å². The fourth-order valence-corrected chi connectivity index (χ4v) is 3.98. The van der Waals surface area contributed by atoms with E-state index in [4.69, 9.17) is 4.99 Å². The van der Waals surface area contributed by atoms with E-state index in [0.29, 0.717) is 17.8 Å². The van der Waals surface area contributed by atoms with Crippen LogP contribution in [-0.2, 0) is 0 Å². The first kappa shape index (κ1) is 24.4. The Labute approximate surface area is 186 Å². The molecule has 0 aliphatic rings. The molecule has 0 saturated carbocycles. The van der Waals surface area contributed by atoms with Crippen molar-refractivity contribution in [3.8, 4) is 0 Å². The van der Waals surface area contributed by atoms with E-state index >= 15 is 0 Å². The highest BCUT2D eigenvalue weighted by Crippen LogP contribution is 2.31. The first-order chi connectivity index (χ1) is 14.2. The maximum atomic E-state index is 5.03. The summed E-state index contributed by atoms with van der Waals surface area (Å²) in [5.74, 6) is 1.70. The Morgan fingerprint density at radius 2 is 1.33 bits per heavy atom. The Bertz CT molecular complexity index is 845. The molecule has 0 aliphatic carbocycles. The van der Waals surface area contributed by atoms with Crippen LogP contribution < -0.4 is 0 Å². The van der Waals surface area contributed by atoms with Crippen molar-refractivity contribution in [3.05, 3.63) is 64.2 Å². The van der Waals surface area contributed by atoms with E-state index in [2.05, 4.69) is 91.8 Å². The highest BCUT2D eigenvalue weighted by molar-refractivity contribution is 5.86. The second-order valence-corrected chi connectivity index (χ2v) is 9.57. The van der Waals surface area contributed by atoms with Crippen molar-refractivity contribution < 1.29 is 0 Å². The number of aliphatic imine (C=N–C) groups is 1. The van der Waals surface area contributed by atoms with Gasteiger partial charge in [-0.2, -0.15) is 0 Å². The minimum absolute atomic E-state index is 0.548. The van der Waals surface area contributed by atoms with Crippen LogP contribution >= 0.6 is 0 Å². The Morgan fingerprint density at radius 3 is 1.90 bits per heavy atom. The third-order valence-corrected chi connectivity index (χ3v) is 6.94. The Morgan fingerprint density at radius 1 is 0.767 bits per heavy atom. The molecule has 0 heterocycles. The number of hydrogen-bond acceptors (Lipinski definition) is 1. The summed E-state index contributed by atoms with van der Waals surface area (Å²) < 4.78 is 0. The summed E-state index contributed by atoms with van der Waals surface area (Å²) in [6.45, 7) is 18.1. The van der Waals surface area contributed by atoms with Crippen LogP contribution in [0.5, 0.6) is 0 Å². The third-order valence-electron chi connectivity index (χ3n) is 6.94. The SMILES string of the molecule is CCCCC(C)/C(C)=N/c1cc([C@H](C)CCC(C)c2ccc(C)c(C)c2)ccc1C. The minimum atomic E-state index is 0.548. The van der Waals surface area contributed by atoms with Gasteiger partial charge in [0.25, 0.3) is 0 Å². The van der Waals surface area contributed by atoms with Crippen LogP contribution in [0.4, 0.5) is 5.69 Å². The summed E-state index contributed by atoms with van der Waals surface area (Å²) in [6.07, 6.45) is 6.18. The van der Waals surface area contributed by atoms with Gasteiger partial charge in [-0.3, -0.25) is 4.99 Å². The molecule has 0 saturated heterocycles. The molecule has 0 radical (unpaired) electrons. The molecule has 30 heavy (non-hydrogen) atoms. The van der Waals surface area contributed by atoms with Crippen molar-refractivity contribution in [1.82, 2.24) is 0 Å². The lowest BCUT2D eigenvalue weighted by atomic mass is 9.88. The highest BCUT2D eigenvalue weighted by Gasteiger charge is 2.13. The fraction of sp³-hybridized carbons (Fsp3) is 0.552. The molecule has 0 bridgehead atoms. The van der Waals surface area contributed by atoms with Crippen LogP contribution in [0.15, 0.2) is 41.4 Å². The van der Waals surface area contributed by atoms with Gasteiger partial charge in [-0.05, 0) is 98.6 Å². The van der Waals surface area contributed by atoms with Crippen LogP contribution in [0, 0.1) is 26.7 Å². The average molecular weight is 406 g/mol. The predicted molar refractivity (Wildman–Crippen MR) is 135 cm³/mol. The van der Waals surface area contributed by atoms with Crippen molar-refractivity contribution in [2.75, 3.05) is 0 Å². The maximum Gasteiger partial charge on any atom is 0.0661 e. The van der Waals surface area contributed by atoms with E-state index in [1.165, 1.54) is 65.6 Å². The zero-order valence-corrected chi connectivity index (χ0v) is 20.7. The molecule has 2 rings (SSSR count). The summed E-state index contributed by atoms with van der Waals surface area (Å²) in [4.78, 5) is 5.03. The van der Waals surface area contributed by atoms with Gasteiger partial charge in [0.1, 0.15) is 0 Å². The second kappa shape index (κ2) is 11.5. The minimum Gasteiger partial charge on any atom is -0.258 e. The molecule has 0 amide bonds. The summed E-state index contributed by atoms with van der Waals surface area (Å²) in [6, 6.07) is 13.8. The van der Waals surface area contributed by atoms with E-state index < -0.39 is 0 Å². The van der Waals surface area contributed by atoms with Crippen LogP contribution in [-0.4, -0.2) is 5.71 Å². The summed E-state index contributed by atoms with van der Waals surface area (Å²) in [5, 5.41) is 0. The van der Waals surface area contributed by atoms with E-state index in [1.807, 2.05) is 0 Å². The van der Waals surface area contributed by atoms with Gasteiger partial charge in [-0.25, -0.2) is 0 Å². The second-order valence-electron chi connectivity index (χ2n) is 9.57. The molecular formula is C29H43N. The average Bonchev–Trinajstić information content (AvgIpc) is 2.73. The van der Waals surface area contributed by atoms with E-state index in [0.717, 1.165) is 5.69 Å². The molecule has 164 valence electrons. The Hall–Kier alpha value is -1.89. The summed E-state index contributed by atoms with van der Waals surface area (Å²) in [7, 11) is 0. The van der Waals surface area contributed by atoms with Crippen molar-refractivity contribution in [2.24, 2.45) is 10.9 Å². The molecular weight excluding hydrogens is 362 g/mol. The first-order valence-electron chi connectivity index (χ1n) is 12.0. The van der Waals surface area contributed by atoms with Crippen molar-refractivity contribution in [2.45, 2.75) is 99.3 Å². The molecule has 1 heteroatoms. The first-order valence-corrected chi connectivity index (χ1v) is 12.0. The third kappa shape index (κ3) is 6.83. The number of benzene rings is 2. The van der Waals surface area contributed by atoms with Crippen molar-refractivity contribution in [1.29, 1.82) is 0 Å². The molecule has 0 aromatic heterocycles. The topological polar surface area (TPSA) is 12.4 Å². The Kier molecular flexibility index (Phi) is 9.34. The van der Waals surface area contributed by atoms with Crippen LogP contribution in [0.25, 0.3) is 0 Å². The number of rotatable bonds is 10. The van der Waals surface area contributed by atoms with Crippen LogP contribution in [0.1, 0.15) is 106 Å². The molecule has 0 aliphatic heterocycles. The molecule has 0 fully saturated rings. The molecule has 2 unspecified atom stereocenters. The van der Waals surface area contributed by atoms with E-state index in [-0.39, 0.29) is 0 Å². The number of nitrogens with zero attached hydrogens (tertiary/aromatic N) is 1. The van der Waals surface area contributed by atoms with Gasteiger partial charge < -0.3 is 0 Å². The zero-order chi connectivity index (χ0) is 22.3. The highest BCUT2D eigenvalue weighted by atomic mass is 14.8. The largest absolute Gasteiger partial charge is 0.258 e. The molecule has 3 atom stereocenters. The van der Waals surface area contributed by atoms with Gasteiger partial charge in [0, 0.05) is 5.71 Å². The van der Waals surface area contributed by atoms with Gasteiger partial charge >= 0.3 is 0 Å². The summed E-state index contributed by atoms with van der Waals surface area (Å²) >= 11 is 0. The Balaban J connectivity index is 2.06. The summed E-state index contributed by atoms with van der Waals surface area (Å²) in [5.41, 5.74) is 9.36. The molecule has 2 aromatic carbocycles. The fourth-order valence-electron chi connectivity index (χ4n) is 3.98. The zero-order valence-electron chi connectivity index (χ0n) is 20.7. The monoisotopic (exact) mass is 405 g/mol. The van der Waals surface area contributed by atoms with E-state index in [1.54, 1.807) is 0 Å². The number of unbranched alkanes of at least 4 members (excludes halogenated alkanes) is 1. The maximum absolute atomic E-state index is 5.03. The molecule has 0 N–H and O–H groups in total. The smallest absolute Gasteiger partial charge is 0.0661 e. The van der Waals surface area contributed by atoms with Gasteiger partial charge in [0.2, 0.25) is 0 Å². The van der Waals surface area contributed by atoms with Gasteiger partial charge in [-0.1, -0.05) is 70.9 Å². The lowest BCUT2D eigenvalue weighted by Gasteiger charge is -2.18. The van der Waals surface area contributed by atoms with Crippen LogP contribution in [0.3, 0.4) is 0 Å². The standard InChI is InChI=1S/C29H43N/c1-9-10-11-21(3)26(8)30-29-19-28(17-15-24(29)6)23(5)13-12-22(4)27-16-14-20(2)25(7)18-27/h14-19,21-23H,9-13H2,1-8H3/b30-26+/t21?,22?,23-/m1/s1. The van der Waals surface area contributed by atoms with Gasteiger partial charge in [-0.15, -0.1) is 0 Å². The normalized spacial score (nSPS) is 15.1. The van der Waals surface area contributed by atoms with Gasteiger partial charge in [0.15, 0.2) is 0 Å². The number of hydrogen-bond donors (Lipinski definition) is 0.